The Balaban J connectivity index is 2.38. The number of benzene rings is 2. The van der Waals surface area contributed by atoms with Crippen molar-refractivity contribution in [1.82, 2.24) is 0 Å². The first-order chi connectivity index (χ1) is 9.74. The van der Waals surface area contributed by atoms with E-state index >= 15 is 0 Å². The van der Waals surface area contributed by atoms with E-state index in [1.165, 1.54) is 16.7 Å². The maximum absolute atomic E-state index is 5.53. The molecular formula is C16H20O3Si. The molecule has 20 heavy (non-hydrogen) atoms. The van der Waals surface area contributed by atoms with Gasteiger partial charge in [-0.3, -0.25) is 0 Å². The van der Waals surface area contributed by atoms with Crippen LogP contribution in [0.5, 0.6) is 0 Å². The van der Waals surface area contributed by atoms with Crippen LogP contribution in [0.3, 0.4) is 0 Å². The zero-order valence-corrected chi connectivity index (χ0v) is 13.1. The van der Waals surface area contributed by atoms with Gasteiger partial charge in [0.15, 0.2) is 0 Å². The van der Waals surface area contributed by atoms with Gasteiger partial charge in [-0.05, 0) is 16.7 Å². The lowest BCUT2D eigenvalue weighted by Crippen LogP contribution is -2.45. The summed E-state index contributed by atoms with van der Waals surface area (Å²) in [5.74, 6) is 0. The number of rotatable bonds is 6. The predicted molar refractivity (Wildman–Crippen MR) is 82.4 cm³/mol. The van der Waals surface area contributed by atoms with E-state index in [2.05, 4.69) is 24.3 Å². The predicted octanol–water partition coefficient (Wildman–Crippen LogP) is 3.31. The topological polar surface area (TPSA) is 27.7 Å². The largest absolute Gasteiger partial charge is 0.504 e. The molecule has 0 bridgehead atoms. The van der Waals surface area contributed by atoms with Crippen LogP contribution >= 0.6 is 0 Å². The molecule has 0 atom stereocenters. The van der Waals surface area contributed by atoms with Crippen molar-refractivity contribution in [2.45, 2.75) is 6.04 Å². The molecule has 106 valence electrons. The van der Waals surface area contributed by atoms with Crippen LogP contribution in [-0.2, 0) is 19.3 Å². The van der Waals surface area contributed by atoms with Crippen LogP contribution in [0.4, 0.5) is 0 Å². The Morgan fingerprint density at radius 3 is 1.90 bits per heavy atom. The van der Waals surface area contributed by atoms with Crippen LogP contribution in [-0.4, -0.2) is 30.1 Å². The molecule has 3 nitrogen and oxygen atoms in total. The fraction of sp³-hybridized carbons (Fsp3) is 0.250. The summed E-state index contributed by atoms with van der Waals surface area (Å²) in [4.78, 5) is 0. The van der Waals surface area contributed by atoms with E-state index in [1.807, 2.05) is 30.3 Å². The van der Waals surface area contributed by atoms with Crippen molar-refractivity contribution in [3.63, 3.8) is 0 Å². The van der Waals surface area contributed by atoms with E-state index in [-0.39, 0.29) is 0 Å². The third kappa shape index (κ3) is 3.16. The molecule has 0 saturated heterocycles. The highest BCUT2D eigenvalue weighted by atomic mass is 28.4. The van der Waals surface area contributed by atoms with Gasteiger partial charge >= 0.3 is 8.80 Å². The molecule has 0 unspecified atom stereocenters. The summed E-state index contributed by atoms with van der Waals surface area (Å²) >= 11 is 0. The summed E-state index contributed by atoms with van der Waals surface area (Å²) in [7, 11) is 2.31. The highest BCUT2D eigenvalue weighted by Gasteiger charge is 2.38. The van der Waals surface area contributed by atoms with E-state index in [4.69, 9.17) is 13.3 Å². The first-order valence-corrected chi connectivity index (χ1v) is 8.46. The van der Waals surface area contributed by atoms with Gasteiger partial charge in [0, 0.05) is 27.4 Å². The summed E-state index contributed by atoms with van der Waals surface area (Å²) < 4.78 is 16.6. The van der Waals surface area contributed by atoms with Gasteiger partial charge in [0.25, 0.3) is 0 Å². The molecule has 0 aliphatic rings. The van der Waals surface area contributed by atoms with Crippen LogP contribution < -0.4 is 0 Å². The Hall–Kier alpha value is -1.46. The molecule has 2 aromatic rings. The summed E-state index contributed by atoms with van der Waals surface area (Å²) in [5.41, 5.74) is 3.56. The van der Waals surface area contributed by atoms with Gasteiger partial charge in [-0.2, -0.15) is 0 Å². The molecule has 0 aliphatic carbocycles. The summed E-state index contributed by atoms with van der Waals surface area (Å²) in [6, 6.07) is 19.3. The average molecular weight is 288 g/mol. The molecule has 0 aromatic heterocycles. The average Bonchev–Trinajstić information content (AvgIpc) is 2.54. The SMILES string of the molecule is CO[Si](Cc1ccccc1-c1ccccc1)(OC)OC. The molecule has 0 aliphatic heterocycles. The molecule has 2 aromatic carbocycles. The van der Waals surface area contributed by atoms with Crippen LogP contribution in [0.1, 0.15) is 5.56 Å². The first-order valence-electron chi connectivity index (χ1n) is 6.53. The molecule has 0 heterocycles. The maximum Gasteiger partial charge on any atom is 0.504 e. The minimum atomic E-state index is -2.62. The van der Waals surface area contributed by atoms with E-state index in [0.29, 0.717) is 6.04 Å². The van der Waals surface area contributed by atoms with E-state index < -0.39 is 8.80 Å². The van der Waals surface area contributed by atoms with Crippen molar-refractivity contribution in [2.24, 2.45) is 0 Å². The third-order valence-corrected chi connectivity index (χ3v) is 6.12. The second kappa shape index (κ2) is 6.81. The Kier molecular flexibility index (Phi) is 5.09. The maximum atomic E-state index is 5.53. The van der Waals surface area contributed by atoms with Gasteiger partial charge in [0.05, 0.1) is 0 Å². The van der Waals surface area contributed by atoms with Gasteiger partial charge in [0.1, 0.15) is 0 Å². The third-order valence-electron chi connectivity index (χ3n) is 3.44. The fourth-order valence-electron chi connectivity index (χ4n) is 2.27. The molecule has 0 fully saturated rings. The Morgan fingerprint density at radius 2 is 1.30 bits per heavy atom. The van der Waals surface area contributed by atoms with Crippen molar-refractivity contribution in [3.05, 3.63) is 60.2 Å². The Bertz CT molecular complexity index is 530. The Labute approximate surface area is 121 Å². The van der Waals surface area contributed by atoms with Crippen molar-refractivity contribution in [1.29, 1.82) is 0 Å². The van der Waals surface area contributed by atoms with Crippen molar-refractivity contribution in [2.75, 3.05) is 21.3 Å². The molecule has 0 N–H and O–H groups in total. The molecule has 0 spiro atoms. The lowest BCUT2D eigenvalue weighted by Gasteiger charge is -2.25. The van der Waals surface area contributed by atoms with Gasteiger partial charge in [-0.1, -0.05) is 54.6 Å². The molecule has 0 amide bonds. The molecule has 0 saturated carbocycles. The van der Waals surface area contributed by atoms with E-state index in [0.717, 1.165) is 0 Å². The monoisotopic (exact) mass is 288 g/mol. The Morgan fingerprint density at radius 1 is 0.750 bits per heavy atom. The molecule has 2 rings (SSSR count). The molecule has 4 heteroatoms. The lowest BCUT2D eigenvalue weighted by molar-refractivity contribution is 0.123. The first kappa shape index (κ1) is 14.9. The van der Waals surface area contributed by atoms with Gasteiger partial charge in [0.2, 0.25) is 0 Å². The summed E-state index contributed by atoms with van der Waals surface area (Å²) in [6.07, 6.45) is 0. The lowest BCUT2D eigenvalue weighted by atomic mass is 10.0. The summed E-state index contributed by atoms with van der Waals surface area (Å²) in [5, 5.41) is 0. The zero-order valence-electron chi connectivity index (χ0n) is 12.1. The van der Waals surface area contributed by atoms with Crippen LogP contribution in [0, 0.1) is 0 Å². The molecular weight excluding hydrogens is 268 g/mol. The second-order valence-corrected chi connectivity index (χ2v) is 7.44. The van der Waals surface area contributed by atoms with E-state index in [9.17, 15) is 0 Å². The number of hydrogen-bond acceptors (Lipinski definition) is 3. The van der Waals surface area contributed by atoms with Gasteiger partial charge < -0.3 is 13.3 Å². The van der Waals surface area contributed by atoms with Crippen LogP contribution in [0.15, 0.2) is 54.6 Å². The standard InChI is InChI=1S/C16H20O3Si/c1-17-20(18-2,19-3)13-15-11-7-8-12-16(15)14-9-5-4-6-10-14/h4-12H,13H2,1-3H3. The second-order valence-electron chi connectivity index (χ2n) is 4.50. The van der Waals surface area contributed by atoms with Crippen LogP contribution in [0.25, 0.3) is 11.1 Å². The van der Waals surface area contributed by atoms with Crippen LogP contribution in [0.2, 0.25) is 0 Å². The zero-order chi connectivity index (χ0) is 14.4. The molecule has 0 radical (unpaired) electrons. The highest BCUT2D eigenvalue weighted by molar-refractivity contribution is 6.60. The van der Waals surface area contributed by atoms with Crippen molar-refractivity contribution < 1.29 is 13.3 Å². The normalized spacial score (nSPS) is 11.6. The van der Waals surface area contributed by atoms with Gasteiger partial charge in [-0.15, -0.1) is 0 Å². The minimum Gasteiger partial charge on any atom is -0.377 e. The summed E-state index contributed by atoms with van der Waals surface area (Å²) in [6.45, 7) is 0. The van der Waals surface area contributed by atoms with Crippen molar-refractivity contribution >= 4 is 8.80 Å². The van der Waals surface area contributed by atoms with E-state index in [1.54, 1.807) is 21.3 Å². The quantitative estimate of drug-likeness (QED) is 0.763. The highest BCUT2D eigenvalue weighted by Crippen LogP contribution is 2.26. The smallest absolute Gasteiger partial charge is 0.377 e. The van der Waals surface area contributed by atoms with Gasteiger partial charge in [-0.25, -0.2) is 0 Å². The fourth-order valence-corrected chi connectivity index (χ4v) is 3.98. The number of hydrogen-bond donors (Lipinski definition) is 0. The minimum absolute atomic E-state index is 0.654. The van der Waals surface area contributed by atoms with Crippen molar-refractivity contribution in [3.8, 4) is 11.1 Å².